The third kappa shape index (κ3) is 4.08. The Bertz CT molecular complexity index is 734. The minimum atomic E-state index is -0.833. The second kappa shape index (κ2) is 7.56. The molecule has 0 aliphatic rings. The van der Waals surface area contributed by atoms with Crippen LogP contribution in [0.3, 0.4) is 0 Å². The number of benzene rings is 2. The van der Waals surface area contributed by atoms with Gasteiger partial charge in [-0.15, -0.1) is 0 Å². The molecule has 2 aromatic carbocycles. The number of nitrogens with two attached hydrogens (primary N) is 1. The summed E-state index contributed by atoms with van der Waals surface area (Å²) in [6.45, 7) is 1.64. The maximum absolute atomic E-state index is 12.4. The fourth-order valence-electron chi connectivity index (χ4n) is 2.36. The van der Waals surface area contributed by atoms with Crippen molar-refractivity contribution in [3.8, 4) is 0 Å². The molecule has 0 spiro atoms. The van der Waals surface area contributed by atoms with E-state index in [1.807, 2.05) is 30.3 Å². The number of carbonyl (C=O) groups excluding carboxylic acids is 1. The smallest absolute Gasteiger partial charge is 0.284 e. The van der Waals surface area contributed by atoms with Crippen LogP contribution in [-0.4, -0.2) is 28.1 Å². The molecule has 24 heavy (non-hydrogen) atoms. The van der Waals surface area contributed by atoms with Crippen LogP contribution in [0, 0.1) is 10.1 Å². The van der Waals surface area contributed by atoms with Crippen LogP contribution >= 0.6 is 0 Å². The number of amides is 1. The Morgan fingerprint density at radius 1 is 1.25 bits per heavy atom. The molecule has 7 nitrogen and oxygen atoms in total. The summed E-state index contributed by atoms with van der Waals surface area (Å²) in [5.41, 5.74) is 6.10. The van der Waals surface area contributed by atoms with E-state index in [4.69, 9.17) is 5.73 Å². The molecule has 126 valence electrons. The summed E-state index contributed by atoms with van der Waals surface area (Å²) >= 11 is 0. The van der Waals surface area contributed by atoms with E-state index in [9.17, 15) is 20.0 Å². The summed E-state index contributed by atoms with van der Waals surface area (Å²) in [6.07, 6.45) is -0.477. The lowest BCUT2D eigenvalue weighted by Gasteiger charge is -2.20. The molecular weight excluding hydrogens is 310 g/mol. The van der Waals surface area contributed by atoms with E-state index in [0.717, 1.165) is 5.56 Å². The summed E-state index contributed by atoms with van der Waals surface area (Å²) in [5.74, 6) is -0.681. The summed E-state index contributed by atoms with van der Waals surface area (Å²) in [7, 11) is 0. The topological polar surface area (TPSA) is 118 Å². The number of nitro groups is 1. The minimum absolute atomic E-state index is 0.0199. The van der Waals surface area contributed by atoms with Crippen LogP contribution in [0.15, 0.2) is 48.5 Å². The molecule has 0 saturated carbocycles. The molecule has 0 aliphatic heterocycles. The summed E-state index contributed by atoms with van der Waals surface area (Å²) < 4.78 is 0. The molecule has 0 saturated heterocycles. The highest BCUT2D eigenvalue weighted by Gasteiger charge is 2.25. The van der Waals surface area contributed by atoms with Gasteiger partial charge in [0.05, 0.1) is 22.8 Å². The van der Waals surface area contributed by atoms with Crippen LogP contribution < -0.4 is 11.1 Å². The van der Waals surface area contributed by atoms with Crippen molar-refractivity contribution >= 4 is 17.3 Å². The number of hydrogen-bond acceptors (Lipinski definition) is 5. The lowest BCUT2D eigenvalue weighted by Crippen LogP contribution is -2.42. The average molecular weight is 329 g/mol. The first-order valence-corrected chi connectivity index (χ1v) is 7.46. The SMILES string of the molecule is CC(NC(=O)c1c(N)cccc1[N+](=O)[O-])C(O)Cc1ccccc1. The summed E-state index contributed by atoms with van der Waals surface area (Å²) in [4.78, 5) is 22.8. The van der Waals surface area contributed by atoms with Crippen molar-refractivity contribution in [3.63, 3.8) is 0 Å². The first kappa shape index (κ1) is 17.4. The standard InChI is InChI=1S/C17H19N3O4/c1-11(15(21)10-12-6-3-2-4-7-12)19-17(22)16-13(18)8-5-9-14(16)20(23)24/h2-9,11,15,21H,10,18H2,1H3,(H,19,22). The van der Waals surface area contributed by atoms with E-state index in [-0.39, 0.29) is 16.9 Å². The van der Waals surface area contributed by atoms with Gasteiger partial charge in [-0.05, 0) is 18.6 Å². The van der Waals surface area contributed by atoms with Crippen LogP contribution in [0.1, 0.15) is 22.8 Å². The molecule has 2 atom stereocenters. The Hall–Kier alpha value is -2.93. The van der Waals surface area contributed by atoms with Crippen LogP contribution in [0.25, 0.3) is 0 Å². The normalized spacial score (nSPS) is 13.1. The van der Waals surface area contributed by atoms with Crippen molar-refractivity contribution < 1.29 is 14.8 Å². The van der Waals surface area contributed by atoms with Crippen LogP contribution in [0.2, 0.25) is 0 Å². The van der Waals surface area contributed by atoms with Gasteiger partial charge in [0.25, 0.3) is 11.6 Å². The Morgan fingerprint density at radius 2 is 1.92 bits per heavy atom. The molecule has 0 aromatic heterocycles. The van der Waals surface area contributed by atoms with Gasteiger partial charge >= 0.3 is 0 Å². The van der Waals surface area contributed by atoms with Gasteiger partial charge in [-0.1, -0.05) is 36.4 Å². The van der Waals surface area contributed by atoms with Crippen molar-refractivity contribution in [1.29, 1.82) is 0 Å². The molecule has 0 radical (unpaired) electrons. The van der Waals surface area contributed by atoms with Gasteiger partial charge in [-0.3, -0.25) is 14.9 Å². The van der Waals surface area contributed by atoms with Crippen molar-refractivity contribution in [1.82, 2.24) is 5.32 Å². The number of anilines is 1. The van der Waals surface area contributed by atoms with Gasteiger partial charge in [-0.2, -0.15) is 0 Å². The van der Waals surface area contributed by atoms with Crippen molar-refractivity contribution in [2.75, 3.05) is 5.73 Å². The molecule has 2 rings (SSSR count). The molecule has 2 unspecified atom stereocenters. The van der Waals surface area contributed by atoms with E-state index in [0.29, 0.717) is 6.42 Å². The largest absolute Gasteiger partial charge is 0.398 e. The third-order valence-electron chi connectivity index (χ3n) is 3.72. The van der Waals surface area contributed by atoms with Crippen molar-refractivity contribution in [2.24, 2.45) is 0 Å². The highest BCUT2D eigenvalue weighted by atomic mass is 16.6. The predicted octanol–water partition coefficient (Wildman–Crippen LogP) is 1.90. The number of aliphatic hydroxyl groups is 1. The average Bonchev–Trinajstić information content (AvgIpc) is 2.55. The quantitative estimate of drug-likeness (QED) is 0.425. The predicted molar refractivity (Wildman–Crippen MR) is 90.6 cm³/mol. The van der Waals surface area contributed by atoms with Crippen molar-refractivity contribution in [3.05, 3.63) is 69.8 Å². The Morgan fingerprint density at radius 3 is 2.54 bits per heavy atom. The molecule has 0 heterocycles. The number of aliphatic hydroxyl groups excluding tert-OH is 1. The first-order valence-electron chi connectivity index (χ1n) is 7.46. The molecule has 0 aliphatic carbocycles. The second-order valence-electron chi connectivity index (χ2n) is 5.52. The molecular formula is C17H19N3O4. The maximum atomic E-state index is 12.4. The molecule has 2 aromatic rings. The monoisotopic (exact) mass is 329 g/mol. The molecule has 1 amide bonds. The second-order valence-corrected chi connectivity index (χ2v) is 5.52. The lowest BCUT2D eigenvalue weighted by atomic mass is 10.0. The van der Waals surface area contributed by atoms with Gasteiger partial charge in [0.15, 0.2) is 0 Å². The number of nitrogens with zero attached hydrogens (tertiary/aromatic N) is 1. The Kier molecular flexibility index (Phi) is 5.49. The van der Waals surface area contributed by atoms with E-state index < -0.39 is 23.0 Å². The molecule has 0 bridgehead atoms. The van der Waals surface area contributed by atoms with Gasteiger partial charge in [-0.25, -0.2) is 0 Å². The van der Waals surface area contributed by atoms with Gasteiger partial charge in [0, 0.05) is 12.5 Å². The fourth-order valence-corrected chi connectivity index (χ4v) is 2.36. The number of nitro benzene ring substituents is 1. The van der Waals surface area contributed by atoms with Crippen molar-refractivity contribution in [2.45, 2.75) is 25.5 Å². The van der Waals surface area contributed by atoms with E-state index in [1.165, 1.54) is 18.2 Å². The van der Waals surface area contributed by atoms with Crippen LogP contribution in [0.4, 0.5) is 11.4 Å². The first-order chi connectivity index (χ1) is 11.4. The summed E-state index contributed by atoms with van der Waals surface area (Å²) in [6, 6.07) is 12.8. The molecule has 7 heteroatoms. The number of nitrogen functional groups attached to an aromatic ring is 1. The zero-order valence-electron chi connectivity index (χ0n) is 13.2. The summed E-state index contributed by atoms with van der Waals surface area (Å²) in [5, 5.41) is 23.9. The van der Waals surface area contributed by atoms with Gasteiger partial charge < -0.3 is 16.2 Å². The van der Waals surface area contributed by atoms with E-state index >= 15 is 0 Å². The zero-order chi connectivity index (χ0) is 17.7. The number of hydrogen-bond donors (Lipinski definition) is 3. The minimum Gasteiger partial charge on any atom is -0.398 e. The highest BCUT2D eigenvalue weighted by Crippen LogP contribution is 2.24. The Balaban J connectivity index is 2.10. The van der Waals surface area contributed by atoms with E-state index in [1.54, 1.807) is 6.92 Å². The van der Waals surface area contributed by atoms with Gasteiger partial charge in [0.2, 0.25) is 0 Å². The highest BCUT2D eigenvalue weighted by molar-refractivity contribution is 6.03. The Labute approximate surface area is 139 Å². The molecule has 4 N–H and O–H groups in total. The fraction of sp³-hybridized carbons (Fsp3) is 0.235. The maximum Gasteiger partial charge on any atom is 0.284 e. The van der Waals surface area contributed by atoms with Crippen LogP contribution in [0.5, 0.6) is 0 Å². The number of rotatable bonds is 6. The van der Waals surface area contributed by atoms with E-state index in [2.05, 4.69) is 5.32 Å². The van der Waals surface area contributed by atoms with Crippen LogP contribution in [-0.2, 0) is 6.42 Å². The number of nitrogens with one attached hydrogen (secondary N) is 1. The lowest BCUT2D eigenvalue weighted by molar-refractivity contribution is -0.385. The zero-order valence-corrected chi connectivity index (χ0v) is 13.2. The number of carbonyl (C=O) groups is 1. The molecule has 0 fully saturated rings. The third-order valence-corrected chi connectivity index (χ3v) is 3.72. The van der Waals surface area contributed by atoms with Gasteiger partial charge in [0.1, 0.15) is 5.56 Å².